The van der Waals surface area contributed by atoms with Crippen LogP contribution in [0.1, 0.15) is 12.8 Å². The first-order valence-electron chi connectivity index (χ1n) is 10.5. The smallest absolute Gasteiger partial charge is 0.261 e. The molecule has 0 radical (unpaired) electrons. The third-order valence-corrected chi connectivity index (χ3v) is 10.7. The topological polar surface area (TPSA) is 113 Å². The van der Waals surface area contributed by atoms with E-state index in [1.807, 2.05) is 0 Å². The van der Waals surface area contributed by atoms with E-state index < -0.39 is 20.0 Å². The number of rotatable bonds is 7. The molecule has 4 rings (SSSR count). The van der Waals surface area contributed by atoms with Gasteiger partial charge >= 0.3 is 0 Å². The Kier molecular flexibility index (Phi) is 7.74. The van der Waals surface area contributed by atoms with Crippen molar-refractivity contribution in [3.8, 4) is 0 Å². The van der Waals surface area contributed by atoms with Gasteiger partial charge in [-0.15, -0.1) is 11.3 Å². The number of nitrogens with one attached hydrogen (secondary N) is 2. The van der Waals surface area contributed by atoms with E-state index in [2.05, 4.69) is 10.0 Å². The van der Waals surface area contributed by atoms with Crippen LogP contribution in [0.3, 0.4) is 0 Å². The minimum Gasteiger partial charge on any atom is -0.326 e. The van der Waals surface area contributed by atoms with Crippen molar-refractivity contribution in [1.82, 2.24) is 4.31 Å². The summed E-state index contributed by atoms with van der Waals surface area (Å²) in [5.74, 6) is -0.582. The number of sulfonamides is 2. The van der Waals surface area contributed by atoms with Crippen LogP contribution in [-0.2, 0) is 24.8 Å². The van der Waals surface area contributed by atoms with Gasteiger partial charge < -0.3 is 5.32 Å². The van der Waals surface area contributed by atoms with E-state index in [4.69, 9.17) is 23.2 Å². The molecule has 8 nitrogen and oxygen atoms in total. The van der Waals surface area contributed by atoms with E-state index in [0.717, 1.165) is 0 Å². The molecule has 0 unspecified atom stereocenters. The van der Waals surface area contributed by atoms with Gasteiger partial charge in [0.25, 0.3) is 20.0 Å². The number of halogens is 2. The summed E-state index contributed by atoms with van der Waals surface area (Å²) in [4.78, 5) is 12.7. The second-order valence-corrected chi connectivity index (χ2v) is 13.5. The van der Waals surface area contributed by atoms with Crippen LogP contribution in [0.2, 0.25) is 10.0 Å². The van der Waals surface area contributed by atoms with E-state index in [0.29, 0.717) is 27.8 Å². The Labute approximate surface area is 218 Å². The van der Waals surface area contributed by atoms with Gasteiger partial charge in [-0.25, -0.2) is 16.8 Å². The molecule has 3 aromatic rings. The van der Waals surface area contributed by atoms with Gasteiger partial charge in [0.1, 0.15) is 4.21 Å². The van der Waals surface area contributed by atoms with Gasteiger partial charge in [-0.1, -0.05) is 29.3 Å². The molecule has 13 heteroatoms. The van der Waals surface area contributed by atoms with Crippen molar-refractivity contribution in [1.29, 1.82) is 0 Å². The van der Waals surface area contributed by atoms with Crippen LogP contribution >= 0.6 is 34.5 Å². The summed E-state index contributed by atoms with van der Waals surface area (Å²) in [7, 11) is -7.44. The third kappa shape index (κ3) is 5.99. The lowest BCUT2D eigenvalue weighted by molar-refractivity contribution is -0.120. The number of carbonyl (C=O) groups excluding carboxylic acids is 1. The van der Waals surface area contributed by atoms with Gasteiger partial charge in [0.15, 0.2) is 0 Å². The zero-order valence-corrected chi connectivity index (χ0v) is 22.1. The van der Waals surface area contributed by atoms with Gasteiger partial charge in [0.05, 0.1) is 15.6 Å². The second-order valence-electron chi connectivity index (χ2n) is 7.85. The lowest BCUT2D eigenvalue weighted by Crippen LogP contribution is -2.41. The van der Waals surface area contributed by atoms with Crippen LogP contribution in [0, 0.1) is 5.92 Å². The Morgan fingerprint density at radius 2 is 1.66 bits per heavy atom. The van der Waals surface area contributed by atoms with Gasteiger partial charge in [-0.2, -0.15) is 4.31 Å². The van der Waals surface area contributed by atoms with Gasteiger partial charge in [-0.05, 0) is 66.8 Å². The predicted molar refractivity (Wildman–Crippen MR) is 138 cm³/mol. The van der Waals surface area contributed by atoms with E-state index in [9.17, 15) is 21.6 Å². The fourth-order valence-electron chi connectivity index (χ4n) is 3.63. The second kappa shape index (κ2) is 10.5. The molecule has 0 bridgehead atoms. The number of piperidine rings is 1. The number of hydrogen-bond acceptors (Lipinski definition) is 6. The molecule has 1 saturated heterocycles. The number of amides is 1. The SMILES string of the molecule is O=C(Nc1ccc(S(=O)(=O)Nc2ccc(Cl)cc2Cl)cc1)C1CCN(S(=O)(=O)c2cccs2)CC1. The Bertz CT molecular complexity index is 1420. The summed E-state index contributed by atoms with van der Waals surface area (Å²) < 4.78 is 54.7. The molecule has 0 spiro atoms. The molecule has 2 N–H and O–H groups in total. The highest BCUT2D eigenvalue weighted by molar-refractivity contribution is 7.92. The van der Waals surface area contributed by atoms with Gasteiger partial charge in [0.2, 0.25) is 5.91 Å². The van der Waals surface area contributed by atoms with Crippen LogP contribution in [0.15, 0.2) is 69.1 Å². The Morgan fingerprint density at radius 3 is 2.26 bits per heavy atom. The maximum Gasteiger partial charge on any atom is 0.261 e. The van der Waals surface area contributed by atoms with Crippen LogP contribution in [0.5, 0.6) is 0 Å². The van der Waals surface area contributed by atoms with Crippen molar-refractivity contribution in [3.05, 3.63) is 70.0 Å². The predicted octanol–water partition coefficient (Wildman–Crippen LogP) is 4.90. The largest absolute Gasteiger partial charge is 0.326 e. The van der Waals surface area contributed by atoms with Crippen molar-refractivity contribution < 1.29 is 21.6 Å². The number of benzene rings is 2. The van der Waals surface area contributed by atoms with E-state index in [-0.39, 0.29) is 40.5 Å². The molecule has 35 heavy (non-hydrogen) atoms. The number of carbonyl (C=O) groups is 1. The monoisotopic (exact) mass is 573 g/mol. The third-order valence-electron chi connectivity index (χ3n) is 5.52. The van der Waals surface area contributed by atoms with Crippen LogP contribution < -0.4 is 10.0 Å². The lowest BCUT2D eigenvalue weighted by Gasteiger charge is -2.30. The molecule has 1 fully saturated rings. The molecule has 1 aromatic heterocycles. The summed E-state index contributed by atoms with van der Waals surface area (Å²) in [5, 5.41) is 5.04. The quantitative estimate of drug-likeness (QED) is 0.417. The molecule has 1 aliphatic rings. The summed E-state index contributed by atoms with van der Waals surface area (Å²) in [6, 6.07) is 13.4. The fraction of sp³-hybridized carbons (Fsp3) is 0.227. The summed E-state index contributed by atoms with van der Waals surface area (Å²) in [6.07, 6.45) is 0.795. The normalized spacial score (nSPS) is 15.6. The molecule has 0 aliphatic carbocycles. The molecule has 1 amide bonds. The minimum absolute atomic E-state index is 0.00592. The highest BCUT2D eigenvalue weighted by atomic mass is 35.5. The number of thiophene rings is 1. The molecule has 2 heterocycles. The maximum absolute atomic E-state index is 12.7. The van der Waals surface area contributed by atoms with Crippen molar-refractivity contribution >= 4 is 71.9 Å². The summed E-state index contributed by atoms with van der Waals surface area (Å²) >= 11 is 13.1. The molecule has 186 valence electrons. The van der Waals surface area contributed by atoms with E-state index >= 15 is 0 Å². The minimum atomic E-state index is -3.91. The highest BCUT2D eigenvalue weighted by Gasteiger charge is 2.32. The van der Waals surface area contributed by atoms with Gasteiger partial charge in [0, 0.05) is 29.7 Å². The van der Waals surface area contributed by atoms with Crippen LogP contribution in [-0.4, -0.2) is 40.1 Å². The first-order chi connectivity index (χ1) is 16.6. The number of hydrogen-bond donors (Lipinski definition) is 2. The molecule has 0 atom stereocenters. The van der Waals surface area contributed by atoms with Crippen molar-refractivity contribution in [2.75, 3.05) is 23.1 Å². The Hall–Kier alpha value is -2.15. The first-order valence-corrected chi connectivity index (χ1v) is 15.0. The maximum atomic E-state index is 12.7. The van der Waals surface area contributed by atoms with E-state index in [1.165, 1.54) is 58.1 Å². The molecular weight excluding hydrogens is 553 g/mol. The van der Waals surface area contributed by atoms with E-state index in [1.54, 1.807) is 17.5 Å². The van der Waals surface area contributed by atoms with Crippen molar-refractivity contribution in [2.24, 2.45) is 5.92 Å². The lowest BCUT2D eigenvalue weighted by atomic mass is 9.97. The highest BCUT2D eigenvalue weighted by Crippen LogP contribution is 2.29. The molecular formula is C22H21Cl2N3O5S3. The van der Waals surface area contributed by atoms with Crippen molar-refractivity contribution in [2.45, 2.75) is 21.9 Å². The zero-order valence-electron chi connectivity index (χ0n) is 18.1. The zero-order chi connectivity index (χ0) is 25.2. The van der Waals surface area contributed by atoms with Gasteiger partial charge in [-0.3, -0.25) is 9.52 Å². The summed E-state index contributed by atoms with van der Waals surface area (Å²) in [5.41, 5.74) is 0.632. The number of anilines is 2. The molecule has 1 aliphatic heterocycles. The van der Waals surface area contributed by atoms with Crippen LogP contribution in [0.4, 0.5) is 11.4 Å². The first kappa shape index (κ1) is 25.9. The van der Waals surface area contributed by atoms with Crippen LogP contribution in [0.25, 0.3) is 0 Å². The summed E-state index contributed by atoms with van der Waals surface area (Å²) in [6.45, 7) is 0.517. The number of nitrogens with zero attached hydrogens (tertiary/aromatic N) is 1. The fourth-order valence-corrected chi connectivity index (χ4v) is 7.84. The average molecular weight is 575 g/mol. The average Bonchev–Trinajstić information content (AvgIpc) is 3.37. The Morgan fingerprint density at radius 1 is 0.971 bits per heavy atom. The standard InChI is InChI=1S/C22H21Cl2N3O5S3/c23-16-3-8-20(19(24)14-16)26-34(29,30)18-6-4-17(5-7-18)25-22(28)15-9-11-27(12-10-15)35(31,32)21-2-1-13-33-21/h1-8,13-15,26H,9-12H2,(H,25,28). The molecule has 0 saturated carbocycles. The van der Waals surface area contributed by atoms with Crippen molar-refractivity contribution in [3.63, 3.8) is 0 Å². The Balaban J connectivity index is 1.35. The molecule has 2 aromatic carbocycles.